The fourth-order valence-electron chi connectivity index (χ4n) is 2.80. The zero-order chi connectivity index (χ0) is 16.9. The summed E-state index contributed by atoms with van der Waals surface area (Å²) in [6, 6.07) is 12.1. The smallest absolute Gasteiger partial charge is 0.132 e. The van der Waals surface area contributed by atoms with Gasteiger partial charge in [0, 0.05) is 23.7 Å². The standard InChI is InChI=1S/C19H23N3O2/c1-13-5-3-6-15(9-13)19-16(12-21-22-19)11-20-14(2)10-17(23)18-7-4-8-24-18/h3-9,12,14,17,20,23H,10-11H2,1-2H3,(H,21,22). The number of aliphatic hydroxyl groups excluding tert-OH is 1. The minimum atomic E-state index is -0.594. The number of aliphatic hydroxyl groups is 1. The van der Waals surface area contributed by atoms with Crippen LogP contribution < -0.4 is 5.32 Å². The van der Waals surface area contributed by atoms with Crippen molar-refractivity contribution in [3.8, 4) is 11.3 Å². The third kappa shape index (κ3) is 3.93. The molecule has 2 heterocycles. The Bertz CT molecular complexity index is 765. The Kier molecular flexibility index (Phi) is 5.13. The molecule has 0 aliphatic rings. The van der Waals surface area contributed by atoms with E-state index in [4.69, 9.17) is 4.42 Å². The summed E-state index contributed by atoms with van der Waals surface area (Å²) in [5.41, 5.74) is 4.49. The van der Waals surface area contributed by atoms with Gasteiger partial charge in [-0.15, -0.1) is 0 Å². The SMILES string of the molecule is Cc1cccc(-c2[nH]ncc2CNC(C)CC(O)c2ccco2)c1. The first-order valence-corrected chi connectivity index (χ1v) is 8.17. The largest absolute Gasteiger partial charge is 0.467 e. The van der Waals surface area contributed by atoms with E-state index in [9.17, 15) is 5.11 Å². The lowest BCUT2D eigenvalue weighted by atomic mass is 10.0. The molecule has 24 heavy (non-hydrogen) atoms. The number of nitrogens with one attached hydrogen (secondary N) is 2. The lowest BCUT2D eigenvalue weighted by Crippen LogP contribution is -2.27. The summed E-state index contributed by atoms with van der Waals surface area (Å²) < 4.78 is 5.24. The van der Waals surface area contributed by atoms with Crippen molar-refractivity contribution in [1.82, 2.24) is 15.5 Å². The molecule has 2 atom stereocenters. The van der Waals surface area contributed by atoms with Crippen molar-refractivity contribution in [2.45, 2.75) is 39.0 Å². The first-order valence-electron chi connectivity index (χ1n) is 8.17. The van der Waals surface area contributed by atoms with E-state index in [1.807, 2.05) is 12.3 Å². The van der Waals surface area contributed by atoms with Crippen LogP contribution in [-0.2, 0) is 6.54 Å². The van der Waals surface area contributed by atoms with Crippen molar-refractivity contribution < 1.29 is 9.52 Å². The molecule has 0 aliphatic heterocycles. The summed E-state index contributed by atoms with van der Waals surface area (Å²) >= 11 is 0. The van der Waals surface area contributed by atoms with E-state index >= 15 is 0 Å². The molecule has 2 unspecified atom stereocenters. The highest BCUT2D eigenvalue weighted by atomic mass is 16.4. The van der Waals surface area contributed by atoms with Crippen molar-refractivity contribution >= 4 is 0 Å². The summed E-state index contributed by atoms with van der Waals surface area (Å²) in [5, 5.41) is 20.8. The van der Waals surface area contributed by atoms with Crippen LogP contribution in [0.3, 0.4) is 0 Å². The zero-order valence-electron chi connectivity index (χ0n) is 14.0. The number of benzene rings is 1. The summed E-state index contributed by atoms with van der Waals surface area (Å²) in [6.07, 6.45) is 3.42. The van der Waals surface area contributed by atoms with Gasteiger partial charge in [0.1, 0.15) is 11.9 Å². The second-order valence-corrected chi connectivity index (χ2v) is 6.19. The minimum absolute atomic E-state index is 0.144. The predicted molar refractivity (Wildman–Crippen MR) is 93.3 cm³/mol. The number of rotatable bonds is 7. The van der Waals surface area contributed by atoms with Crippen LogP contribution in [0.2, 0.25) is 0 Å². The Morgan fingerprint density at radius 2 is 2.17 bits per heavy atom. The molecule has 3 aromatic rings. The van der Waals surface area contributed by atoms with Crippen LogP contribution in [0.25, 0.3) is 11.3 Å². The van der Waals surface area contributed by atoms with Gasteiger partial charge in [0.2, 0.25) is 0 Å². The van der Waals surface area contributed by atoms with Crippen molar-refractivity contribution in [3.63, 3.8) is 0 Å². The predicted octanol–water partition coefficient (Wildman–Crippen LogP) is 3.58. The molecule has 126 valence electrons. The average molecular weight is 325 g/mol. The molecule has 0 spiro atoms. The molecule has 5 heteroatoms. The topological polar surface area (TPSA) is 74.1 Å². The van der Waals surface area contributed by atoms with Crippen LogP contribution in [0.15, 0.2) is 53.3 Å². The van der Waals surface area contributed by atoms with Gasteiger partial charge >= 0.3 is 0 Å². The van der Waals surface area contributed by atoms with Crippen LogP contribution in [0.4, 0.5) is 0 Å². The Morgan fingerprint density at radius 3 is 2.92 bits per heavy atom. The van der Waals surface area contributed by atoms with Crippen LogP contribution in [-0.4, -0.2) is 21.3 Å². The van der Waals surface area contributed by atoms with Gasteiger partial charge in [-0.2, -0.15) is 5.10 Å². The molecule has 0 fully saturated rings. The van der Waals surface area contributed by atoms with Crippen LogP contribution in [0, 0.1) is 6.92 Å². The van der Waals surface area contributed by atoms with Gasteiger partial charge in [-0.1, -0.05) is 23.8 Å². The highest BCUT2D eigenvalue weighted by Gasteiger charge is 2.15. The molecule has 2 aromatic heterocycles. The number of aryl methyl sites for hydroxylation is 1. The number of hydrogen-bond donors (Lipinski definition) is 3. The van der Waals surface area contributed by atoms with E-state index in [1.165, 1.54) is 5.56 Å². The summed E-state index contributed by atoms with van der Waals surface area (Å²) in [5.74, 6) is 0.604. The minimum Gasteiger partial charge on any atom is -0.467 e. The molecule has 1 aromatic carbocycles. The maximum absolute atomic E-state index is 10.1. The monoisotopic (exact) mass is 325 g/mol. The maximum atomic E-state index is 10.1. The van der Waals surface area contributed by atoms with Gasteiger partial charge in [0.05, 0.1) is 18.2 Å². The molecule has 0 bridgehead atoms. The first kappa shape index (κ1) is 16.5. The third-order valence-corrected chi connectivity index (χ3v) is 4.11. The fourth-order valence-corrected chi connectivity index (χ4v) is 2.80. The van der Waals surface area contributed by atoms with Gasteiger partial charge in [-0.05, 0) is 38.5 Å². The summed E-state index contributed by atoms with van der Waals surface area (Å²) in [7, 11) is 0. The Labute approximate surface area is 141 Å². The van der Waals surface area contributed by atoms with Crippen molar-refractivity contribution in [1.29, 1.82) is 0 Å². The molecule has 5 nitrogen and oxygen atoms in total. The number of H-pyrrole nitrogens is 1. The van der Waals surface area contributed by atoms with Crippen LogP contribution >= 0.6 is 0 Å². The van der Waals surface area contributed by atoms with Gasteiger partial charge in [-0.3, -0.25) is 5.10 Å². The molecule has 0 radical (unpaired) electrons. The number of aromatic nitrogens is 2. The van der Waals surface area contributed by atoms with E-state index in [1.54, 1.807) is 18.4 Å². The van der Waals surface area contributed by atoms with Crippen LogP contribution in [0.5, 0.6) is 0 Å². The number of furan rings is 1. The highest BCUT2D eigenvalue weighted by molar-refractivity contribution is 5.63. The van der Waals surface area contributed by atoms with E-state index in [0.29, 0.717) is 18.7 Å². The summed E-state index contributed by atoms with van der Waals surface area (Å²) in [4.78, 5) is 0. The molecular weight excluding hydrogens is 302 g/mol. The Morgan fingerprint density at radius 1 is 1.29 bits per heavy atom. The van der Waals surface area contributed by atoms with Gasteiger partial charge < -0.3 is 14.8 Å². The lowest BCUT2D eigenvalue weighted by molar-refractivity contribution is 0.128. The molecule has 0 aliphatic carbocycles. The fraction of sp³-hybridized carbons (Fsp3) is 0.316. The Hall–Kier alpha value is -2.37. The molecule has 0 amide bonds. The molecular formula is C19H23N3O2. The quantitative estimate of drug-likeness (QED) is 0.621. The zero-order valence-corrected chi connectivity index (χ0v) is 14.0. The van der Waals surface area contributed by atoms with E-state index in [2.05, 4.69) is 47.6 Å². The Balaban J connectivity index is 1.60. The maximum Gasteiger partial charge on any atom is 0.132 e. The summed E-state index contributed by atoms with van der Waals surface area (Å²) in [6.45, 7) is 4.82. The first-order chi connectivity index (χ1) is 11.6. The second-order valence-electron chi connectivity index (χ2n) is 6.19. The third-order valence-electron chi connectivity index (χ3n) is 4.11. The van der Waals surface area contributed by atoms with E-state index < -0.39 is 6.10 Å². The second kappa shape index (κ2) is 7.47. The number of hydrogen-bond acceptors (Lipinski definition) is 4. The van der Waals surface area contributed by atoms with Gasteiger partial charge in [0.15, 0.2) is 0 Å². The van der Waals surface area contributed by atoms with Gasteiger partial charge in [0.25, 0.3) is 0 Å². The molecule has 0 saturated heterocycles. The normalized spacial score (nSPS) is 13.8. The van der Waals surface area contributed by atoms with Crippen LogP contribution in [0.1, 0.15) is 36.3 Å². The lowest BCUT2D eigenvalue weighted by Gasteiger charge is -2.16. The average Bonchev–Trinajstić information content (AvgIpc) is 3.24. The van der Waals surface area contributed by atoms with Crippen molar-refractivity contribution in [2.24, 2.45) is 0 Å². The molecule has 3 rings (SSSR count). The van der Waals surface area contributed by atoms with E-state index in [0.717, 1.165) is 16.8 Å². The van der Waals surface area contributed by atoms with E-state index in [-0.39, 0.29) is 6.04 Å². The van der Waals surface area contributed by atoms with Crippen molar-refractivity contribution in [3.05, 3.63) is 65.7 Å². The number of aromatic amines is 1. The number of nitrogens with zero attached hydrogens (tertiary/aromatic N) is 1. The van der Waals surface area contributed by atoms with Crippen molar-refractivity contribution in [2.75, 3.05) is 0 Å². The molecule has 0 saturated carbocycles. The molecule has 3 N–H and O–H groups in total. The highest BCUT2D eigenvalue weighted by Crippen LogP contribution is 2.23. The van der Waals surface area contributed by atoms with Gasteiger partial charge in [-0.25, -0.2) is 0 Å².